The van der Waals surface area contributed by atoms with Gasteiger partial charge in [0.05, 0.1) is 13.2 Å². The van der Waals surface area contributed by atoms with Gasteiger partial charge in [0, 0.05) is 25.5 Å². The third-order valence-corrected chi connectivity index (χ3v) is 4.06. The first-order valence-electron chi connectivity index (χ1n) is 7.37. The second-order valence-electron chi connectivity index (χ2n) is 5.37. The Morgan fingerprint density at radius 2 is 1.95 bits per heavy atom. The van der Waals surface area contributed by atoms with E-state index >= 15 is 0 Å². The van der Waals surface area contributed by atoms with Crippen LogP contribution in [0.2, 0.25) is 0 Å². The lowest BCUT2D eigenvalue weighted by atomic mass is 10.1. The number of amides is 1. The van der Waals surface area contributed by atoms with Crippen molar-refractivity contribution in [2.45, 2.75) is 18.9 Å². The minimum Gasteiger partial charge on any atom is -0.378 e. The lowest BCUT2D eigenvalue weighted by molar-refractivity contribution is -0.141. The molecule has 2 fully saturated rings. The number of hydrogen-bond donors (Lipinski definition) is 0. The van der Waals surface area contributed by atoms with E-state index in [1.807, 2.05) is 23.2 Å². The highest BCUT2D eigenvalue weighted by Crippen LogP contribution is 2.26. The van der Waals surface area contributed by atoms with Gasteiger partial charge in [0.1, 0.15) is 6.04 Å². The molecule has 5 heteroatoms. The maximum absolute atomic E-state index is 12.9. The third kappa shape index (κ3) is 2.83. The van der Waals surface area contributed by atoms with E-state index in [0.717, 1.165) is 18.7 Å². The van der Waals surface area contributed by atoms with Crippen molar-refractivity contribution in [2.24, 2.45) is 0 Å². The molecule has 5 nitrogen and oxygen atoms in total. The van der Waals surface area contributed by atoms with Gasteiger partial charge < -0.3 is 9.64 Å². The number of ether oxygens (including phenoxy) is 1. The largest absolute Gasteiger partial charge is 0.378 e. The number of likely N-dealkylation sites (tertiary alicyclic amines) is 1. The molecule has 1 aromatic rings. The minimum absolute atomic E-state index is 0.177. The van der Waals surface area contributed by atoms with Gasteiger partial charge in [-0.25, -0.2) is 0 Å². The van der Waals surface area contributed by atoms with Gasteiger partial charge in [-0.1, -0.05) is 6.07 Å². The SMILES string of the molecule is O=C([C@H](c1cccnc1)N1CCCC1)N1CCOCC1. The number of morpholine rings is 1. The van der Waals surface area contributed by atoms with E-state index in [4.69, 9.17) is 4.74 Å². The Balaban J connectivity index is 1.82. The quantitative estimate of drug-likeness (QED) is 0.828. The Morgan fingerprint density at radius 1 is 1.20 bits per heavy atom. The van der Waals surface area contributed by atoms with E-state index < -0.39 is 0 Å². The van der Waals surface area contributed by atoms with Crippen molar-refractivity contribution in [1.29, 1.82) is 0 Å². The first-order chi connectivity index (χ1) is 9.86. The fourth-order valence-corrected chi connectivity index (χ4v) is 3.00. The van der Waals surface area contributed by atoms with Crippen LogP contribution < -0.4 is 0 Å². The predicted molar refractivity (Wildman–Crippen MR) is 75.2 cm³/mol. The van der Waals surface area contributed by atoms with Crippen LogP contribution in [-0.4, -0.2) is 60.1 Å². The van der Waals surface area contributed by atoms with E-state index in [1.54, 1.807) is 6.20 Å². The molecule has 0 unspecified atom stereocenters. The topological polar surface area (TPSA) is 45.7 Å². The molecule has 0 bridgehead atoms. The first kappa shape index (κ1) is 13.5. The van der Waals surface area contributed by atoms with Crippen LogP contribution in [0.1, 0.15) is 24.4 Å². The van der Waals surface area contributed by atoms with Crippen LogP contribution in [0.15, 0.2) is 24.5 Å². The van der Waals surface area contributed by atoms with E-state index in [9.17, 15) is 4.79 Å². The van der Waals surface area contributed by atoms with Gasteiger partial charge in [0.25, 0.3) is 0 Å². The monoisotopic (exact) mass is 275 g/mol. The molecule has 2 aliphatic heterocycles. The Labute approximate surface area is 119 Å². The molecular weight excluding hydrogens is 254 g/mol. The van der Waals surface area contributed by atoms with Crippen LogP contribution in [0, 0.1) is 0 Å². The molecule has 1 atom stereocenters. The lowest BCUT2D eigenvalue weighted by Gasteiger charge is -2.34. The zero-order valence-corrected chi connectivity index (χ0v) is 11.7. The first-order valence-corrected chi connectivity index (χ1v) is 7.37. The number of rotatable bonds is 3. The summed E-state index contributed by atoms with van der Waals surface area (Å²) in [6.45, 7) is 4.68. The number of aromatic nitrogens is 1. The normalized spacial score (nSPS) is 21.9. The molecule has 2 aliphatic rings. The summed E-state index contributed by atoms with van der Waals surface area (Å²) in [5.41, 5.74) is 1.01. The standard InChI is InChI=1S/C15H21N3O2/c19-15(18-8-10-20-11-9-18)14(17-6-1-2-7-17)13-4-3-5-16-12-13/h3-5,12,14H,1-2,6-11H2/t14-/m0/s1. The molecule has 20 heavy (non-hydrogen) atoms. The number of carbonyl (C=O) groups is 1. The molecule has 0 aromatic carbocycles. The number of hydrogen-bond acceptors (Lipinski definition) is 4. The van der Waals surface area contributed by atoms with Gasteiger partial charge in [-0.05, 0) is 37.6 Å². The lowest BCUT2D eigenvalue weighted by Crippen LogP contribution is -2.47. The van der Waals surface area contributed by atoms with Crippen molar-refractivity contribution < 1.29 is 9.53 Å². The van der Waals surface area contributed by atoms with Gasteiger partial charge >= 0.3 is 0 Å². The Bertz CT molecular complexity index is 440. The van der Waals surface area contributed by atoms with Gasteiger partial charge in [-0.2, -0.15) is 0 Å². The molecule has 0 N–H and O–H groups in total. The van der Waals surface area contributed by atoms with Crippen molar-refractivity contribution in [3.8, 4) is 0 Å². The molecule has 2 saturated heterocycles. The summed E-state index contributed by atoms with van der Waals surface area (Å²) in [5.74, 6) is 0.197. The van der Waals surface area contributed by atoms with Crippen molar-refractivity contribution in [2.75, 3.05) is 39.4 Å². The smallest absolute Gasteiger partial charge is 0.244 e. The van der Waals surface area contributed by atoms with Crippen molar-refractivity contribution in [3.05, 3.63) is 30.1 Å². The average Bonchev–Trinajstić information content (AvgIpc) is 3.03. The average molecular weight is 275 g/mol. The number of carbonyl (C=O) groups excluding carboxylic acids is 1. The summed E-state index contributed by atoms with van der Waals surface area (Å²) in [6.07, 6.45) is 5.92. The Kier molecular flexibility index (Phi) is 4.28. The molecule has 1 aromatic heterocycles. The summed E-state index contributed by atoms with van der Waals surface area (Å²) in [5, 5.41) is 0. The van der Waals surface area contributed by atoms with E-state index in [1.165, 1.54) is 12.8 Å². The maximum Gasteiger partial charge on any atom is 0.244 e. The van der Waals surface area contributed by atoms with Crippen LogP contribution in [0.25, 0.3) is 0 Å². The molecule has 1 amide bonds. The zero-order chi connectivity index (χ0) is 13.8. The summed E-state index contributed by atoms with van der Waals surface area (Å²) < 4.78 is 5.34. The van der Waals surface area contributed by atoms with Crippen LogP contribution >= 0.6 is 0 Å². The third-order valence-electron chi connectivity index (χ3n) is 4.06. The minimum atomic E-state index is -0.177. The van der Waals surface area contributed by atoms with Crippen LogP contribution in [0.5, 0.6) is 0 Å². The van der Waals surface area contributed by atoms with Crippen molar-refractivity contribution in [1.82, 2.24) is 14.8 Å². The molecule has 0 spiro atoms. The van der Waals surface area contributed by atoms with Gasteiger partial charge in [-0.3, -0.25) is 14.7 Å². The second-order valence-corrected chi connectivity index (χ2v) is 5.37. The summed E-state index contributed by atoms with van der Waals surface area (Å²) >= 11 is 0. The van der Waals surface area contributed by atoms with E-state index in [0.29, 0.717) is 26.3 Å². The van der Waals surface area contributed by atoms with E-state index in [-0.39, 0.29) is 11.9 Å². The molecule has 3 rings (SSSR count). The molecule has 0 aliphatic carbocycles. The summed E-state index contributed by atoms with van der Waals surface area (Å²) in [4.78, 5) is 21.3. The predicted octanol–water partition coefficient (Wildman–Crippen LogP) is 1.08. The van der Waals surface area contributed by atoms with Gasteiger partial charge in [0.15, 0.2) is 0 Å². The van der Waals surface area contributed by atoms with Crippen molar-refractivity contribution in [3.63, 3.8) is 0 Å². The number of pyridine rings is 1. The zero-order valence-electron chi connectivity index (χ0n) is 11.7. The maximum atomic E-state index is 12.9. The van der Waals surface area contributed by atoms with Crippen molar-refractivity contribution >= 4 is 5.91 Å². The Hall–Kier alpha value is -1.46. The van der Waals surface area contributed by atoms with Gasteiger partial charge in [-0.15, -0.1) is 0 Å². The molecule has 0 saturated carbocycles. The Morgan fingerprint density at radius 3 is 2.60 bits per heavy atom. The molecular formula is C15H21N3O2. The van der Waals surface area contributed by atoms with Crippen LogP contribution in [0.4, 0.5) is 0 Å². The molecule has 108 valence electrons. The second kappa shape index (κ2) is 6.33. The molecule has 3 heterocycles. The fourth-order valence-electron chi connectivity index (χ4n) is 3.00. The van der Waals surface area contributed by atoms with Crippen LogP contribution in [0.3, 0.4) is 0 Å². The van der Waals surface area contributed by atoms with E-state index in [2.05, 4.69) is 9.88 Å². The highest BCUT2D eigenvalue weighted by molar-refractivity contribution is 5.83. The highest BCUT2D eigenvalue weighted by Gasteiger charge is 2.33. The fraction of sp³-hybridized carbons (Fsp3) is 0.600. The number of nitrogens with zero attached hydrogens (tertiary/aromatic N) is 3. The van der Waals surface area contributed by atoms with Crippen LogP contribution in [-0.2, 0) is 9.53 Å². The highest BCUT2D eigenvalue weighted by atomic mass is 16.5. The van der Waals surface area contributed by atoms with Gasteiger partial charge in [0.2, 0.25) is 5.91 Å². The molecule has 0 radical (unpaired) electrons. The summed E-state index contributed by atoms with van der Waals surface area (Å²) in [7, 11) is 0. The summed E-state index contributed by atoms with van der Waals surface area (Å²) in [6, 6.07) is 3.74.